The van der Waals surface area contributed by atoms with Gasteiger partial charge in [0.05, 0.1) is 0 Å². The average Bonchev–Trinajstić information content (AvgIpc) is 2.32. The van der Waals surface area contributed by atoms with Crippen molar-refractivity contribution in [1.29, 1.82) is 0 Å². The van der Waals surface area contributed by atoms with Gasteiger partial charge in [0.25, 0.3) is 0 Å². The van der Waals surface area contributed by atoms with Crippen LogP contribution in [0.5, 0.6) is 0 Å². The van der Waals surface area contributed by atoms with Gasteiger partial charge in [0.15, 0.2) is 0 Å². The number of hydrogen-bond acceptors (Lipinski definition) is 2. The molecule has 0 aromatic heterocycles. The molecule has 0 saturated carbocycles. The summed E-state index contributed by atoms with van der Waals surface area (Å²) in [5.74, 6) is 0. The molecule has 0 spiro atoms. The summed E-state index contributed by atoms with van der Waals surface area (Å²) in [6, 6.07) is 11.5. The van der Waals surface area contributed by atoms with Crippen molar-refractivity contribution in [3.63, 3.8) is 0 Å². The molecule has 2 rings (SSSR count). The third-order valence-electron chi connectivity index (χ3n) is 2.79. The van der Waals surface area contributed by atoms with Gasteiger partial charge in [-0.1, -0.05) is 24.3 Å². The Morgan fingerprint density at radius 2 is 2.07 bits per heavy atom. The monoisotopic (exact) mass is 201 g/mol. The molecule has 1 fully saturated rings. The van der Waals surface area contributed by atoms with E-state index in [4.69, 9.17) is 0 Å². The zero-order valence-electron chi connectivity index (χ0n) is 9.02. The van der Waals surface area contributed by atoms with E-state index in [2.05, 4.69) is 34.6 Å². The summed E-state index contributed by atoms with van der Waals surface area (Å²) in [6.07, 6.45) is 1.98. The van der Waals surface area contributed by atoms with Crippen LogP contribution < -0.4 is 4.90 Å². The lowest BCUT2D eigenvalue weighted by Gasteiger charge is -2.35. The van der Waals surface area contributed by atoms with Crippen molar-refractivity contribution in [3.8, 4) is 0 Å². The Hall–Kier alpha value is -1.28. The van der Waals surface area contributed by atoms with Crippen molar-refractivity contribution in [2.24, 2.45) is 0 Å². The van der Waals surface area contributed by atoms with Gasteiger partial charge in [0.1, 0.15) is 0 Å². The predicted molar refractivity (Wildman–Crippen MR) is 64.1 cm³/mol. The largest absolute Gasteiger partial charge is 0.368 e. The maximum atomic E-state index is 3.77. The van der Waals surface area contributed by atoms with E-state index in [0.717, 1.165) is 32.7 Å². The number of anilines is 1. The first-order valence-corrected chi connectivity index (χ1v) is 5.45. The molecule has 2 heteroatoms. The lowest BCUT2D eigenvalue weighted by molar-refractivity contribution is 0.284. The van der Waals surface area contributed by atoms with Gasteiger partial charge >= 0.3 is 0 Å². The fourth-order valence-corrected chi connectivity index (χ4v) is 1.93. The minimum atomic E-state index is 1.01. The van der Waals surface area contributed by atoms with Crippen LogP contribution in [0.15, 0.2) is 36.9 Å². The van der Waals surface area contributed by atoms with Gasteiger partial charge in [-0.2, -0.15) is 0 Å². The minimum Gasteiger partial charge on any atom is -0.368 e. The highest BCUT2D eigenvalue weighted by atomic mass is 15.3. The Morgan fingerprint density at radius 1 is 1.27 bits per heavy atom. The van der Waals surface area contributed by atoms with Crippen LogP contribution in [0.3, 0.4) is 0 Å². The molecule has 79 valence electrons. The lowest BCUT2D eigenvalue weighted by Crippen LogP contribution is -2.46. The van der Waals surface area contributed by atoms with Crippen LogP contribution in [-0.4, -0.2) is 37.6 Å². The van der Waals surface area contributed by atoms with Gasteiger partial charge in [-0.25, -0.2) is 0 Å². The molecule has 0 amide bonds. The van der Waals surface area contributed by atoms with Crippen LogP contribution in [0, 0.1) is 6.07 Å². The smallest absolute Gasteiger partial charge is 0.0447 e. The molecule has 0 unspecified atom stereocenters. The van der Waals surface area contributed by atoms with Crippen LogP contribution in [0.4, 0.5) is 5.69 Å². The molecule has 2 nitrogen and oxygen atoms in total. The van der Waals surface area contributed by atoms with E-state index in [1.165, 1.54) is 5.69 Å². The second-order valence-electron chi connectivity index (χ2n) is 3.82. The highest BCUT2D eigenvalue weighted by Gasteiger charge is 2.15. The Kier molecular flexibility index (Phi) is 3.41. The summed E-state index contributed by atoms with van der Waals surface area (Å²) in [6.45, 7) is 9.20. The zero-order valence-corrected chi connectivity index (χ0v) is 9.02. The highest BCUT2D eigenvalue weighted by molar-refractivity contribution is 5.45. The molecule has 1 heterocycles. The van der Waals surface area contributed by atoms with E-state index in [-0.39, 0.29) is 0 Å². The van der Waals surface area contributed by atoms with Crippen molar-refractivity contribution < 1.29 is 0 Å². The first-order chi connectivity index (χ1) is 7.40. The van der Waals surface area contributed by atoms with Gasteiger partial charge in [0, 0.05) is 44.5 Å². The summed E-state index contributed by atoms with van der Waals surface area (Å²) >= 11 is 0. The first kappa shape index (κ1) is 10.2. The fraction of sp³-hybridized carbons (Fsp3) is 0.385. The van der Waals surface area contributed by atoms with E-state index >= 15 is 0 Å². The van der Waals surface area contributed by atoms with Crippen LogP contribution in [0.1, 0.15) is 0 Å². The third kappa shape index (κ3) is 2.60. The van der Waals surface area contributed by atoms with Crippen LogP contribution in [0.25, 0.3) is 0 Å². The number of para-hydroxylation sites is 1. The molecule has 0 N–H and O–H groups in total. The molecule has 1 saturated heterocycles. The SMILES string of the molecule is C=CCN1CCN(c2[c]cccc2)CC1. The second kappa shape index (κ2) is 4.99. The van der Waals surface area contributed by atoms with Gasteiger partial charge in [-0.15, -0.1) is 6.58 Å². The molecule has 1 aromatic carbocycles. The van der Waals surface area contributed by atoms with E-state index < -0.39 is 0 Å². The Bertz CT molecular complexity index is 300. The number of piperazine rings is 1. The molecule has 1 aromatic rings. The van der Waals surface area contributed by atoms with Gasteiger partial charge < -0.3 is 4.90 Å². The molecule has 1 aliphatic heterocycles. The average molecular weight is 201 g/mol. The number of benzene rings is 1. The summed E-state index contributed by atoms with van der Waals surface area (Å²) in [4.78, 5) is 4.81. The molecule has 1 radical (unpaired) electrons. The van der Waals surface area contributed by atoms with Gasteiger partial charge in [-0.05, 0) is 6.07 Å². The summed E-state index contributed by atoms with van der Waals surface area (Å²) < 4.78 is 0. The third-order valence-corrected chi connectivity index (χ3v) is 2.79. The Morgan fingerprint density at radius 3 is 2.67 bits per heavy atom. The normalized spacial score (nSPS) is 17.7. The van der Waals surface area contributed by atoms with Crippen LogP contribution in [-0.2, 0) is 0 Å². The molecule has 1 aliphatic rings. The Balaban J connectivity index is 1.91. The molecule has 0 atom stereocenters. The van der Waals surface area contributed by atoms with E-state index in [9.17, 15) is 0 Å². The number of nitrogens with zero attached hydrogens (tertiary/aromatic N) is 2. The number of rotatable bonds is 3. The van der Waals surface area contributed by atoms with Crippen molar-refractivity contribution in [1.82, 2.24) is 4.90 Å². The number of hydrogen-bond donors (Lipinski definition) is 0. The summed E-state index contributed by atoms with van der Waals surface area (Å²) in [5, 5.41) is 0. The van der Waals surface area contributed by atoms with Crippen molar-refractivity contribution >= 4 is 5.69 Å². The topological polar surface area (TPSA) is 6.48 Å². The molecule has 0 bridgehead atoms. The van der Waals surface area contributed by atoms with Crippen molar-refractivity contribution in [2.75, 3.05) is 37.6 Å². The lowest BCUT2D eigenvalue weighted by atomic mass is 10.2. The molecule has 15 heavy (non-hydrogen) atoms. The predicted octanol–water partition coefficient (Wildman–Crippen LogP) is 1.79. The molecular formula is C13H17N2. The fourth-order valence-electron chi connectivity index (χ4n) is 1.93. The highest BCUT2D eigenvalue weighted by Crippen LogP contribution is 2.14. The van der Waals surface area contributed by atoms with Crippen molar-refractivity contribution in [3.05, 3.63) is 43.0 Å². The summed E-state index contributed by atoms with van der Waals surface area (Å²) in [5.41, 5.74) is 1.22. The second-order valence-corrected chi connectivity index (χ2v) is 3.82. The Labute approximate surface area is 91.8 Å². The molecule has 0 aliphatic carbocycles. The van der Waals surface area contributed by atoms with Gasteiger partial charge in [-0.3, -0.25) is 4.90 Å². The quantitative estimate of drug-likeness (QED) is 0.688. The van der Waals surface area contributed by atoms with E-state index in [1.807, 2.05) is 18.2 Å². The maximum Gasteiger partial charge on any atom is 0.0447 e. The first-order valence-electron chi connectivity index (χ1n) is 5.45. The maximum absolute atomic E-state index is 3.77. The van der Waals surface area contributed by atoms with E-state index in [1.54, 1.807) is 0 Å². The molecular weight excluding hydrogens is 184 g/mol. The van der Waals surface area contributed by atoms with E-state index in [0.29, 0.717) is 0 Å². The standard InChI is InChI=1S/C13H17N2/c1-2-8-14-9-11-15(12-10-14)13-6-4-3-5-7-13/h2-6H,1,8-12H2. The zero-order chi connectivity index (χ0) is 10.5. The van der Waals surface area contributed by atoms with Crippen LogP contribution >= 0.6 is 0 Å². The van der Waals surface area contributed by atoms with Gasteiger partial charge in [0.2, 0.25) is 0 Å². The minimum absolute atomic E-state index is 1.01. The summed E-state index contributed by atoms with van der Waals surface area (Å²) in [7, 11) is 0. The van der Waals surface area contributed by atoms with Crippen molar-refractivity contribution in [2.45, 2.75) is 0 Å². The van der Waals surface area contributed by atoms with Crippen LogP contribution in [0.2, 0.25) is 0 Å².